The first-order valence-electron chi connectivity index (χ1n) is 12.2. The lowest BCUT2D eigenvalue weighted by Crippen LogP contribution is -2.63. The minimum Gasteiger partial charge on any atom is -0.376 e. The van der Waals surface area contributed by atoms with Gasteiger partial charge in [-0.1, -0.05) is 6.07 Å². The number of nitrogens with two attached hydrogens (primary N) is 2. The number of hydrogen-bond donors (Lipinski definition) is 2. The molecule has 5 heteroatoms. The average Bonchev–Trinajstić information content (AvgIpc) is 2.65. The van der Waals surface area contributed by atoms with E-state index < -0.39 is 0 Å². The molecule has 5 nitrogen and oxygen atoms in total. The molecular weight excluding hydrogens is 372 g/mol. The summed E-state index contributed by atoms with van der Waals surface area (Å²) < 4.78 is 5.96. The molecule has 166 valence electrons. The van der Waals surface area contributed by atoms with Gasteiger partial charge in [-0.2, -0.15) is 0 Å². The van der Waals surface area contributed by atoms with Gasteiger partial charge in [0, 0.05) is 30.4 Å². The van der Waals surface area contributed by atoms with E-state index in [4.69, 9.17) is 21.2 Å². The minimum absolute atomic E-state index is 0.195. The van der Waals surface area contributed by atoms with Crippen molar-refractivity contribution in [2.45, 2.75) is 95.9 Å². The van der Waals surface area contributed by atoms with Gasteiger partial charge in [-0.3, -0.25) is 0 Å². The Labute approximate surface area is 181 Å². The van der Waals surface area contributed by atoms with Crippen molar-refractivity contribution >= 4 is 5.82 Å². The summed E-state index contributed by atoms with van der Waals surface area (Å²) in [6, 6.07) is 4.87. The largest absolute Gasteiger partial charge is 0.376 e. The highest BCUT2D eigenvalue weighted by Crippen LogP contribution is 2.62. The third-order valence-electron chi connectivity index (χ3n) is 8.64. The molecule has 0 aromatic carbocycles. The first-order valence-corrected chi connectivity index (χ1v) is 12.2. The predicted octanol–water partition coefficient (Wildman–Crippen LogP) is 3.87. The average molecular weight is 413 g/mol. The maximum absolute atomic E-state index is 6.80. The van der Waals surface area contributed by atoms with Crippen LogP contribution in [0.25, 0.3) is 0 Å². The van der Waals surface area contributed by atoms with Gasteiger partial charge in [-0.15, -0.1) is 0 Å². The van der Waals surface area contributed by atoms with Crippen molar-refractivity contribution in [3.8, 4) is 0 Å². The molecule has 0 amide bonds. The lowest BCUT2D eigenvalue weighted by atomic mass is 9.46. The normalized spacial score (nSPS) is 42.1. The van der Waals surface area contributed by atoms with Crippen LogP contribution in [0, 0.1) is 24.2 Å². The van der Waals surface area contributed by atoms with Crippen LogP contribution in [0.4, 0.5) is 5.82 Å². The SMILES string of the molecule is Cc1nc(N2CCC(C3CC(C)OC(C)C3)CC2)ccc1C1(N)CC2(CC(N)C2)C1. The molecule has 3 heterocycles. The van der Waals surface area contributed by atoms with E-state index in [0.29, 0.717) is 23.7 Å². The van der Waals surface area contributed by atoms with Gasteiger partial charge in [-0.05, 0) is 101 Å². The molecule has 1 aromatic rings. The molecule has 5 rings (SSSR count). The second kappa shape index (κ2) is 7.46. The standard InChI is InChI=1S/C25H40N4O/c1-16-10-20(11-17(2)30-16)19-6-8-29(9-7-19)23-5-4-22(18(3)28-23)25(27)14-24(15-25)12-21(26)13-24/h4-5,16-17,19-21H,6-15,26-27H2,1-3H3. The molecule has 0 radical (unpaired) electrons. The van der Waals surface area contributed by atoms with Crippen molar-refractivity contribution in [3.63, 3.8) is 0 Å². The van der Waals surface area contributed by atoms with Gasteiger partial charge in [-0.25, -0.2) is 4.98 Å². The van der Waals surface area contributed by atoms with E-state index in [1.54, 1.807) is 0 Å². The Morgan fingerprint density at radius 2 is 1.67 bits per heavy atom. The number of pyridine rings is 1. The number of rotatable bonds is 3. The second-order valence-corrected chi connectivity index (χ2v) is 11.3. The Balaban J connectivity index is 1.20. The van der Waals surface area contributed by atoms with Crippen molar-refractivity contribution in [2.24, 2.45) is 28.7 Å². The Hall–Kier alpha value is -1.17. The van der Waals surface area contributed by atoms with Gasteiger partial charge in [0.15, 0.2) is 0 Å². The number of anilines is 1. The van der Waals surface area contributed by atoms with Crippen LogP contribution in [0.15, 0.2) is 12.1 Å². The lowest BCUT2D eigenvalue weighted by molar-refractivity contribution is -0.0654. The maximum atomic E-state index is 6.80. The molecule has 4 N–H and O–H groups in total. The van der Waals surface area contributed by atoms with E-state index >= 15 is 0 Å². The number of nitrogens with zero attached hydrogens (tertiary/aromatic N) is 2. The zero-order chi connectivity index (χ0) is 21.1. The Kier molecular flexibility index (Phi) is 5.15. The minimum atomic E-state index is -0.195. The zero-order valence-electron chi connectivity index (χ0n) is 19.1. The van der Waals surface area contributed by atoms with Crippen molar-refractivity contribution in [3.05, 3.63) is 23.4 Å². The van der Waals surface area contributed by atoms with Gasteiger partial charge >= 0.3 is 0 Å². The molecule has 2 aliphatic carbocycles. The van der Waals surface area contributed by atoms with Crippen LogP contribution in [-0.2, 0) is 10.3 Å². The summed E-state index contributed by atoms with van der Waals surface area (Å²) in [5.41, 5.74) is 15.4. The summed E-state index contributed by atoms with van der Waals surface area (Å²) in [5.74, 6) is 2.79. The highest BCUT2D eigenvalue weighted by Gasteiger charge is 2.58. The smallest absolute Gasteiger partial charge is 0.128 e. The number of ether oxygens (including phenoxy) is 1. The van der Waals surface area contributed by atoms with Crippen LogP contribution < -0.4 is 16.4 Å². The summed E-state index contributed by atoms with van der Waals surface area (Å²) in [4.78, 5) is 7.50. The molecule has 2 saturated heterocycles. The Morgan fingerprint density at radius 1 is 1.03 bits per heavy atom. The third kappa shape index (κ3) is 3.67. The summed E-state index contributed by atoms with van der Waals surface area (Å²) in [7, 11) is 0. The first-order chi connectivity index (χ1) is 14.3. The molecule has 2 aliphatic heterocycles. The van der Waals surface area contributed by atoms with Gasteiger partial charge in [0.25, 0.3) is 0 Å². The Morgan fingerprint density at radius 3 is 2.23 bits per heavy atom. The summed E-state index contributed by atoms with van der Waals surface area (Å²) in [6.07, 6.45) is 10.3. The van der Waals surface area contributed by atoms with Crippen molar-refractivity contribution < 1.29 is 4.74 Å². The van der Waals surface area contributed by atoms with Gasteiger partial charge in [0.05, 0.1) is 12.2 Å². The molecule has 2 saturated carbocycles. The highest BCUT2D eigenvalue weighted by molar-refractivity contribution is 5.45. The highest BCUT2D eigenvalue weighted by atomic mass is 16.5. The molecule has 2 unspecified atom stereocenters. The summed E-state index contributed by atoms with van der Waals surface area (Å²) in [6.45, 7) is 8.85. The molecule has 30 heavy (non-hydrogen) atoms. The number of piperidine rings is 1. The van der Waals surface area contributed by atoms with E-state index in [9.17, 15) is 0 Å². The topological polar surface area (TPSA) is 77.4 Å². The van der Waals surface area contributed by atoms with Gasteiger partial charge in [0.2, 0.25) is 0 Å². The predicted molar refractivity (Wildman–Crippen MR) is 121 cm³/mol. The van der Waals surface area contributed by atoms with Gasteiger partial charge in [0.1, 0.15) is 5.82 Å². The molecule has 2 atom stereocenters. The number of aromatic nitrogens is 1. The molecular formula is C25H40N4O. The summed E-state index contributed by atoms with van der Waals surface area (Å²) >= 11 is 0. The van der Waals surface area contributed by atoms with E-state index in [-0.39, 0.29) is 5.54 Å². The van der Waals surface area contributed by atoms with Crippen LogP contribution in [0.5, 0.6) is 0 Å². The Bertz CT molecular complexity index is 763. The summed E-state index contributed by atoms with van der Waals surface area (Å²) in [5, 5.41) is 0. The van der Waals surface area contributed by atoms with E-state index in [0.717, 1.165) is 62.1 Å². The van der Waals surface area contributed by atoms with Crippen molar-refractivity contribution in [1.29, 1.82) is 0 Å². The fourth-order valence-corrected chi connectivity index (χ4v) is 7.51. The third-order valence-corrected chi connectivity index (χ3v) is 8.64. The van der Waals surface area contributed by atoms with Crippen LogP contribution in [-0.4, -0.2) is 36.3 Å². The van der Waals surface area contributed by atoms with Crippen LogP contribution >= 0.6 is 0 Å². The number of hydrogen-bond acceptors (Lipinski definition) is 5. The van der Waals surface area contributed by atoms with Crippen LogP contribution in [0.2, 0.25) is 0 Å². The lowest BCUT2D eigenvalue weighted by Gasteiger charge is -2.62. The van der Waals surface area contributed by atoms with Gasteiger partial charge < -0.3 is 21.1 Å². The molecule has 1 aromatic heterocycles. The number of aryl methyl sites for hydroxylation is 1. The zero-order valence-corrected chi connectivity index (χ0v) is 19.1. The van der Waals surface area contributed by atoms with Crippen LogP contribution in [0.3, 0.4) is 0 Å². The van der Waals surface area contributed by atoms with Crippen LogP contribution in [0.1, 0.15) is 76.5 Å². The fraction of sp³-hybridized carbons (Fsp3) is 0.800. The quantitative estimate of drug-likeness (QED) is 0.788. The first kappa shape index (κ1) is 20.7. The molecule has 0 bridgehead atoms. The maximum Gasteiger partial charge on any atom is 0.128 e. The molecule has 4 fully saturated rings. The molecule has 1 spiro atoms. The fourth-order valence-electron chi connectivity index (χ4n) is 7.51. The van der Waals surface area contributed by atoms with Crippen molar-refractivity contribution in [2.75, 3.05) is 18.0 Å². The van der Waals surface area contributed by atoms with E-state index in [1.165, 1.54) is 31.2 Å². The monoisotopic (exact) mass is 412 g/mol. The van der Waals surface area contributed by atoms with Crippen molar-refractivity contribution in [1.82, 2.24) is 4.98 Å². The van der Waals surface area contributed by atoms with E-state index in [2.05, 4.69) is 37.8 Å². The second-order valence-electron chi connectivity index (χ2n) is 11.3. The van der Waals surface area contributed by atoms with E-state index in [1.807, 2.05) is 0 Å². The molecule has 4 aliphatic rings.